The molecule has 0 aliphatic carbocycles. The molecule has 0 bridgehead atoms. The second-order valence-corrected chi connectivity index (χ2v) is 4.00. The normalized spacial score (nSPS) is 10.9. The van der Waals surface area contributed by atoms with Crippen LogP contribution in [0.25, 0.3) is 5.52 Å². The number of pyridine rings is 1. The lowest BCUT2D eigenvalue weighted by Crippen LogP contribution is -1.97. The van der Waals surface area contributed by atoms with Crippen molar-refractivity contribution in [3.8, 4) is 0 Å². The number of nitrogens with zero attached hydrogens (tertiary/aromatic N) is 2. The minimum absolute atomic E-state index is 0.0355. The van der Waals surface area contributed by atoms with Gasteiger partial charge in [0.2, 0.25) is 0 Å². The van der Waals surface area contributed by atoms with Crippen molar-refractivity contribution < 1.29 is 14.6 Å². The molecule has 1 N–H and O–H groups in total. The number of hydrogen-bond donors (Lipinski definition) is 1. The highest BCUT2D eigenvalue weighted by Crippen LogP contribution is 2.20. The summed E-state index contributed by atoms with van der Waals surface area (Å²) >= 11 is 3.35. The number of rotatable bonds is 3. The summed E-state index contributed by atoms with van der Waals surface area (Å²) in [6.07, 6.45) is 0. The molecular formula is C10H9BrN2O3. The predicted molar refractivity (Wildman–Crippen MR) is 60.6 cm³/mol. The number of halogens is 1. The van der Waals surface area contributed by atoms with Gasteiger partial charge in [0.15, 0.2) is 5.69 Å². The van der Waals surface area contributed by atoms with E-state index in [-0.39, 0.29) is 12.3 Å². The molecule has 2 rings (SSSR count). The molecule has 84 valence electrons. The van der Waals surface area contributed by atoms with Crippen LogP contribution in [-0.4, -0.2) is 27.6 Å². The number of hydrogen-bond acceptors (Lipinski definition) is 3. The van der Waals surface area contributed by atoms with Crippen LogP contribution in [0.4, 0.5) is 0 Å². The van der Waals surface area contributed by atoms with Crippen molar-refractivity contribution in [3.05, 3.63) is 34.3 Å². The van der Waals surface area contributed by atoms with Gasteiger partial charge in [-0.3, -0.25) is 4.40 Å². The summed E-state index contributed by atoms with van der Waals surface area (Å²) in [6, 6.07) is 5.30. The van der Waals surface area contributed by atoms with Gasteiger partial charge in [-0.15, -0.1) is 0 Å². The van der Waals surface area contributed by atoms with E-state index in [1.807, 2.05) is 6.07 Å². The topological polar surface area (TPSA) is 63.8 Å². The summed E-state index contributed by atoms with van der Waals surface area (Å²) in [5.74, 6) is -0.486. The van der Waals surface area contributed by atoms with E-state index < -0.39 is 5.97 Å². The fourth-order valence-electron chi connectivity index (χ4n) is 1.55. The third-order valence-corrected chi connectivity index (χ3v) is 2.78. The summed E-state index contributed by atoms with van der Waals surface area (Å²) in [5.41, 5.74) is 0.585. The number of aromatic nitrogens is 2. The predicted octanol–water partition coefficient (Wildman–Crippen LogP) is 1.94. The Kier molecular flexibility index (Phi) is 2.93. The van der Waals surface area contributed by atoms with Gasteiger partial charge in [-0.05, 0) is 28.1 Å². The Bertz CT molecular complexity index is 550. The third kappa shape index (κ3) is 1.70. The van der Waals surface area contributed by atoms with Crippen LogP contribution >= 0.6 is 15.9 Å². The average Bonchev–Trinajstić information content (AvgIpc) is 2.59. The number of carbonyl (C=O) groups is 1. The number of carboxylic acids is 1. The van der Waals surface area contributed by atoms with E-state index >= 15 is 0 Å². The summed E-state index contributed by atoms with van der Waals surface area (Å²) in [5, 5.41) is 9.02. The van der Waals surface area contributed by atoms with Crippen molar-refractivity contribution in [1.82, 2.24) is 9.38 Å². The van der Waals surface area contributed by atoms with Crippen molar-refractivity contribution in [1.29, 1.82) is 0 Å². The van der Waals surface area contributed by atoms with Gasteiger partial charge in [-0.1, -0.05) is 6.07 Å². The molecule has 0 atom stereocenters. The zero-order chi connectivity index (χ0) is 11.7. The Morgan fingerprint density at radius 2 is 2.38 bits per heavy atom. The highest BCUT2D eigenvalue weighted by molar-refractivity contribution is 9.10. The molecule has 0 aliphatic heterocycles. The van der Waals surface area contributed by atoms with E-state index in [1.54, 1.807) is 23.6 Å². The Balaban J connectivity index is 2.76. The average molecular weight is 285 g/mol. The molecule has 0 aliphatic rings. The lowest BCUT2D eigenvalue weighted by atomic mass is 10.3. The zero-order valence-electron chi connectivity index (χ0n) is 8.48. The molecule has 0 spiro atoms. The summed E-state index contributed by atoms with van der Waals surface area (Å²) in [7, 11) is 1.54. The first-order chi connectivity index (χ1) is 7.65. The van der Waals surface area contributed by atoms with Crippen LogP contribution in [0.15, 0.2) is 22.8 Å². The molecule has 0 radical (unpaired) electrons. The van der Waals surface area contributed by atoms with E-state index in [9.17, 15) is 4.79 Å². The van der Waals surface area contributed by atoms with Gasteiger partial charge in [0.25, 0.3) is 0 Å². The second-order valence-electron chi connectivity index (χ2n) is 3.18. The highest BCUT2D eigenvalue weighted by atomic mass is 79.9. The van der Waals surface area contributed by atoms with Crippen LogP contribution in [0.2, 0.25) is 0 Å². The van der Waals surface area contributed by atoms with E-state index in [0.29, 0.717) is 11.3 Å². The third-order valence-electron chi connectivity index (χ3n) is 2.16. The van der Waals surface area contributed by atoms with Gasteiger partial charge in [0, 0.05) is 7.11 Å². The summed E-state index contributed by atoms with van der Waals surface area (Å²) < 4.78 is 7.45. The van der Waals surface area contributed by atoms with Gasteiger partial charge in [-0.2, -0.15) is 0 Å². The van der Waals surface area contributed by atoms with Crippen molar-refractivity contribution in [2.45, 2.75) is 6.61 Å². The standard InChI is InChI=1S/C10H9BrN2O3/c1-16-5-8-12-9(10(14)15)6-3-2-4-7(11)13(6)8/h2-4H,5H2,1H3,(H,14,15). The van der Waals surface area contributed by atoms with Crippen molar-refractivity contribution in [3.63, 3.8) is 0 Å². The van der Waals surface area contributed by atoms with Crippen molar-refractivity contribution in [2.24, 2.45) is 0 Å². The lowest BCUT2D eigenvalue weighted by molar-refractivity contribution is 0.0692. The molecule has 0 amide bonds. The maximum absolute atomic E-state index is 11.0. The molecule has 0 unspecified atom stereocenters. The number of imidazole rings is 1. The van der Waals surface area contributed by atoms with Gasteiger partial charge >= 0.3 is 5.97 Å². The molecule has 16 heavy (non-hydrogen) atoms. The monoisotopic (exact) mass is 284 g/mol. The van der Waals surface area contributed by atoms with E-state index in [2.05, 4.69) is 20.9 Å². The number of aromatic carboxylic acids is 1. The molecule has 5 nitrogen and oxygen atoms in total. The maximum atomic E-state index is 11.0. The largest absolute Gasteiger partial charge is 0.476 e. The SMILES string of the molecule is COCc1nc(C(=O)O)c2cccc(Br)n12. The molecule has 0 aromatic carbocycles. The van der Waals surface area contributed by atoms with E-state index in [0.717, 1.165) is 4.60 Å². The first-order valence-electron chi connectivity index (χ1n) is 4.53. The first-order valence-corrected chi connectivity index (χ1v) is 5.32. The molecular weight excluding hydrogens is 276 g/mol. The zero-order valence-corrected chi connectivity index (χ0v) is 10.1. The van der Waals surface area contributed by atoms with Gasteiger partial charge in [-0.25, -0.2) is 9.78 Å². The molecule has 2 aromatic heterocycles. The Morgan fingerprint density at radius 3 is 3.00 bits per heavy atom. The molecule has 2 aromatic rings. The smallest absolute Gasteiger partial charge is 0.356 e. The number of methoxy groups -OCH3 is 1. The van der Waals surface area contributed by atoms with Crippen molar-refractivity contribution in [2.75, 3.05) is 7.11 Å². The Morgan fingerprint density at radius 1 is 1.62 bits per heavy atom. The summed E-state index contributed by atoms with van der Waals surface area (Å²) in [6.45, 7) is 0.261. The van der Waals surface area contributed by atoms with E-state index in [1.165, 1.54) is 0 Å². The van der Waals surface area contributed by atoms with Crippen LogP contribution in [0.3, 0.4) is 0 Å². The Hall–Kier alpha value is -1.40. The Labute approximate surface area is 99.8 Å². The van der Waals surface area contributed by atoms with Crippen LogP contribution in [0.1, 0.15) is 16.3 Å². The van der Waals surface area contributed by atoms with Crippen LogP contribution in [0, 0.1) is 0 Å². The minimum Gasteiger partial charge on any atom is -0.476 e. The fraction of sp³-hybridized carbons (Fsp3) is 0.200. The maximum Gasteiger partial charge on any atom is 0.356 e. The van der Waals surface area contributed by atoms with Gasteiger partial charge in [0.05, 0.1) is 10.1 Å². The van der Waals surface area contributed by atoms with Crippen molar-refractivity contribution >= 4 is 27.4 Å². The van der Waals surface area contributed by atoms with Gasteiger partial charge in [0.1, 0.15) is 12.4 Å². The van der Waals surface area contributed by atoms with Crippen LogP contribution in [0.5, 0.6) is 0 Å². The van der Waals surface area contributed by atoms with Crippen LogP contribution in [-0.2, 0) is 11.3 Å². The number of ether oxygens (including phenoxy) is 1. The van der Waals surface area contributed by atoms with Gasteiger partial charge < -0.3 is 9.84 Å². The van der Waals surface area contributed by atoms with E-state index in [4.69, 9.17) is 9.84 Å². The molecule has 0 saturated heterocycles. The first kappa shape index (κ1) is 11.1. The van der Waals surface area contributed by atoms with Crippen LogP contribution < -0.4 is 0 Å². The fourth-order valence-corrected chi connectivity index (χ4v) is 2.10. The lowest BCUT2D eigenvalue weighted by Gasteiger charge is -2.01. The second kappa shape index (κ2) is 4.23. The minimum atomic E-state index is -1.04. The number of fused-ring (bicyclic) bond motifs is 1. The highest BCUT2D eigenvalue weighted by Gasteiger charge is 2.17. The molecule has 0 fully saturated rings. The molecule has 2 heterocycles. The quantitative estimate of drug-likeness (QED) is 0.875. The number of carboxylic acid groups (broad SMARTS) is 1. The summed E-state index contributed by atoms with van der Waals surface area (Å²) in [4.78, 5) is 15.1. The molecule has 0 saturated carbocycles. The molecule has 6 heteroatoms.